The predicted molar refractivity (Wildman–Crippen MR) is 273 cm³/mol. The second-order valence-electron chi connectivity index (χ2n) is 17.7. The minimum absolute atomic E-state index is 0.0703. The predicted octanol–water partition coefficient (Wildman–Crippen LogP) is 8.28. The Bertz CT molecular complexity index is 1980. The summed E-state index contributed by atoms with van der Waals surface area (Å²) in [6, 6.07) is 1.23. The van der Waals surface area contributed by atoms with Crippen molar-refractivity contribution in [1.29, 1.82) is 0 Å². The Hall–Kier alpha value is -3.62. The van der Waals surface area contributed by atoms with Gasteiger partial charge in [-0.2, -0.15) is 9.29 Å². The first-order valence-corrected chi connectivity index (χ1v) is 28.5. The molecule has 1 aliphatic rings. The summed E-state index contributed by atoms with van der Waals surface area (Å²) in [5.41, 5.74) is 4.56. The molecule has 8 N–H and O–H groups in total. The van der Waals surface area contributed by atoms with Crippen LogP contribution >= 0.6 is 15.6 Å². The molecule has 410 valence electrons. The number of nitrogens with two attached hydrogens (primary N) is 1. The largest absolute Gasteiger partial charge is 0.481 e. The molecular formula is C50H83N3O17P2. The molecular weight excluding hydrogens is 977 g/mol. The average molecular weight is 1060 g/mol. The lowest BCUT2D eigenvalue weighted by atomic mass is 10.1. The Balaban J connectivity index is 1.87. The van der Waals surface area contributed by atoms with Crippen molar-refractivity contribution < 1.29 is 76.5 Å². The molecule has 20 nitrogen and oxygen atoms in total. The van der Waals surface area contributed by atoms with Crippen molar-refractivity contribution in [2.45, 2.75) is 198 Å². The summed E-state index contributed by atoms with van der Waals surface area (Å²) in [4.78, 5) is 61.9. The van der Waals surface area contributed by atoms with Crippen LogP contribution in [-0.4, -0.2) is 108 Å². The van der Waals surface area contributed by atoms with E-state index in [1.54, 1.807) is 24.3 Å². The van der Waals surface area contributed by atoms with Gasteiger partial charge in [-0.25, -0.2) is 13.9 Å². The van der Waals surface area contributed by atoms with Gasteiger partial charge in [0.05, 0.1) is 25.4 Å². The molecule has 0 aliphatic carbocycles. The molecule has 1 aromatic heterocycles. The van der Waals surface area contributed by atoms with Crippen molar-refractivity contribution in [2.24, 2.45) is 0 Å². The van der Waals surface area contributed by atoms with Crippen LogP contribution in [0.15, 0.2) is 77.8 Å². The number of esters is 2. The van der Waals surface area contributed by atoms with Gasteiger partial charge in [0.25, 0.3) is 0 Å². The van der Waals surface area contributed by atoms with Crippen molar-refractivity contribution in [1.82, 2.24) is 9.55 Å². The number of allylic oxidation sites excluding steroid dienone is 8. The number of ether oxygens (including phenoxy) is 3. The number of nitrogens with zero attached hydrogens (tertiary/aromatic N) is 2. The smallest absolute Gasteiger partial charge is 0.462 e. The fourth-order valence-corrected chi connectivity index (χ4v) is 9.34. The first-order chi connectivity index (χ1) is 34.5. The molecule has 2 rings (SSSR count). The maximum absolute atomic E-state index is 12.9. The van der Waals surface area contributed by atoms with Gasteiger partial charge in [-0.1, -0.05) is 145 Å². The van der Waals surface area contributed by atoms with E-state index in [0.717, 1.165) is 87.8 Å². The molecule has 0 amide bonds. The third-order valence-corrected chi connectivity index (χ3v) is 13.9. The zero-order chi connectivity index (χ0) is 53.0. The van der Waals surface area contributed by atoms with E-state index in [2.05, 4.69) is 35.3 Å². The maximum Gasteiger partial charge on any atom is 0.481 e. The summed E-state index contributed by atoms with van der Waals surface area (Å²) in [6.45, 7) is 1.81. The van der Waals surface area contributed by atoms with Crippen molar-refractivity contribution in [3.63, 3.8) is 0 Å². The van der Waals surface area contributed by atoms with Gasteiger partial charge >= 0.3 is 33.3 Å². The molecule has 2 heterocycles. The minimum atomic E-state index is -5.48. The number of rotatable bonds is 41. The lowest BCUT2D eigenvalue weighted by Gasteiger charge is -2.21. The Morgan fingerprint density at radius 3 is 1.92 bits per heavy atom. The molecule has 0 aromatic carbocycles. The SMILES string of the molecule is CCCCCC/C=C\CCCCCCCCCC(=O)OC[C@H](COP(=O)(O)OP(=O)(O)OC[C@H]1O[C@@H](n2ccc(N)nc2=O)[C@H](O)[C@@H]1O)OC(=O)CCC[C@H](O)/C=C/C=C\C/C=C\C=C\[C@H](O)CCCCC. The highest BCUT2D eigenvalue weighted by Gasteiger charge is 2.46. The summed E-state index contributed by atoms with van der Waals surface area (Å²) >= 11 is 0. The van der Waals surface area contributed by atoms with Crippen molar-refractivity contribution in [3.8, 4) is 0 Å². The summed E-state index contributed by atoms with van der Waals surface area (Å²) in [5, 5.41) is 41.2. The fraction of sp³-hybridized carbons (Fsp3) is 0.680. The number of anilines is 1. The molecule has 1 aromatic rings. The number of carbonyl (C=O) groups excluding carboxylic acids is 2. The molecule has 0 radical (unpaired) electrons. The molecule has 72 heavy (non-hydrogen) atoms. The first-order valence-electron chi connectivity index (χ1n) is 25.5. The number of phosphoric acid groups is 2. The number of aliphatic hydroxyl groups excluding tert-OH is 4. The maximum atomic E-state index is 12.9. The molecule has 0 saturated carbocycles. The lowest BCUT2D eigenvalue weighted by Crippen LogP contribution is -2.36. The van der Waals surface area contributed by atoms with Gasteiger partial charge in [0.2, 0.25) is 0 Å². The van der Waals surface area contributed by atoms with Gasteiger partial charge in [0, 0.05) is 19.0 Å². The van der Waals surface area contributed by atoms with E-state index in [1.807, 2.05) is 24.3 Å². The molecule has 0 bridgehead atoms. The third kappa shape index (κ3) is 30.5. The Labute approximate surface area is 425 Å². The number of nitrogen functional groups attached to an aromatic ring is 1. The zero-order valence-corrected chi connectivity index (χ0v) is 44.0. The molecule has 2 unspecified atom stereocenters. The molecule has 1 saturated heterocycles. The van der Waals surface area contributed by atoms with E-state index in [9.17, 15) is 53.7 Å². The van der Waals surface area contributed by atoms with Crippen molar-refractivity contribution in [3.05, 3.63) is 83.5 Å². The number of unbranched alkanes of at least 4 members (excludes halogenated alkanes) is 13. The average Bonchev–Trinajstić information content (AvgIpc) is 3.60. The summed E-state index contributed by atoms with van der Waals surface area (Å²) in [7, 11) is -11.0. The van der Waals surface area contributed by atoms with Crippen LogP contribution in [-0.2, 0) is 46.3 Å². The monoisotopic (exact) mass is 1060 g/mol. The van der Waals surface area contributed by atoms with Crippen LogP contribution in [0.2, 0.25) is 0 Å². The number of hydrogen-bond acceptors (Lipinski definition) is 17. The van der Waals surface area contributed by atoms with Gasteiger partial charge in [0.15, 0.2) is 12.3 Å². The highest BCUT2D eigenvalue weighted by Crippen LogP contribution is 2.60. The van der Waals surface area contributed by atoms with Crippen LogP contribution in [0.25, 0.3) is 0 Å². The summed E-state index contributed by atoms with van der Waals surface area (Å²) in [5.74, 6) is -1.55. The van der Waals surface area contributed by atoms with E-state index < -0.39 is 95.9 Å². The van der Waals surface area contributed by atoms with Gasteiger partial charge in [-0.3, -0.25) is 23.2 Å². The van der Waals surface area contributed by atoms with E-state index in [0.29, 0.717) is 12.8 Å². The second kappa shape index (κ2) is 38.0. The van der Waals surface area contributed by atoms with Crippen LogP contribution < -0.4 is 11.4 Å². The third-order valence-electron chi connectivity index (χ3n) is 11.3. The number of carbonyl (C=O) groups is 2. The van der Waals surface area contributed by atoms with Crippen LogP contribution in [0, 0.1) is 0 Å². The highest BCUT2D eigenvalue weighted by atomic mass is 31.3. The normalized spacial score (nSPS) is 20.4. The molecule has 22 heteroatoms. The Morgan fingerprint density at radius 2 is 1.29 bits per heavy atom. The summed E-state index contributed by atoms with van der Waals surface area (Å²) in [6.07, 6.45) is 29.3. The van der Waals surface area contributed by atoms with E-state index in [4.69, 9.17) is 29.0 Å². The van der Waals surface area contributed by atoms with Crippen LogP contribution in [0.3, 0.4) is 0 Å². The molecule has 1 fully saturated rings. The number of hydrogen-bond donors (Lipinski definition) is 7. The van der Waals surface area contributed by atoms with Crippen molar-refractivity contribution in [2.75, 3.05) is 25.6 Å². The number of aromatic nitrogens is 2. The Kier molecular flexibility index (Phi) is 34.0. The number of aliphatic hydroxyl groups is 4. The quantitative estimate of drug-likeness (QED) is 0.0107. The van der Waals surface area contributed by atoms with E-state index >= 15 is 0 Å². The van der Waals surface area contributed by atoms with Crippen LogP contribution in [0.4, 0.5) is 5.82 Å². The molecule has 9 atom stereocenters. The van der Waals surface area contributed by atoms with E-state index in [-0.39, 0.29) is 31.5 Å². The highest BCUT2D eigenvalue weighted by molar-refractivity contribution is 7.61. The lowest BCUT2D eigenvalue weighted by molar-refractivity contribution is -0.161. The Morgan fingerprint density at radius 1 is 0.736 bits per heavy atom. The van der Waals surface area contributed by atoms with Crippen molar-refractivity contribution >= 4 is 33.4 Å². The van der Waals surface area contributed by atoms with Gasteiger partial charge in [0.1, 0.15) is 30.7 Å². The molecule has 0 spiro atoms. The number of phosphoric ester groups is 2. The fourth-order valence-electron chi connectivity index (χ4n) is 7.23. The topological polar surface area (TPSA) is 306 Å². The van der Waals surface area contributed by atoms with Gasteiger partial charge in [-0.05, 0) is 63.9 Å². The summed E-state index contributed by atoms with van der Waals surface area (Å²) < 4.78 is 56.6. The molecule has 1 aliphatic heterocycles. The van der Waals surface area contributed by atoms with Gasteiger partial charge in [-0.15, -0.1) is 0 Å². The standard InChI is InChI=1S/C50H83N3O17P2/c1-3-5-7-8-9-10-11-12-13-14-15-16-20-23-27-33-45(56)65-37-42(68-46(57)34-28-32-41(55)31-26-22-19-17-18-21-25-30-40(54)29-24-6-4-2)38-66-71(61,62)70-72(63,64)67-39-43-47(58)48(59)49(69-43)53-36-35-44(51)52-50(53)60/h10-11,18-19,21-22,25-26,30-31,35-36,40-43,47-49,54-55,58-59H,3-9,12-17,20,23-24,27-29,32-34,37-39H2,1-2H3,(H,61,62)(H,63,64)(H2,51,52,60)/b11-10-,21-18-,22-19-,30-25+,31-26+/t40-,41-,42-,43-,47-,48-,49-/m1/s1. The first kappa shape index (κ1) is 64.5. The van der Waals surface area contributed by atoms with Crippen LogP contribution in [0.5, 0.6) is 0 Å². The van der Waals surface area contributed by atoms with Crippen LogP contribution in [0.1, 0.15) is 161 Å². The van der Waals surface area contributed by atoms with E-state index in [1.165, 1.54) is 31.7 Å². The zero-order valence-electron chi connectivity index (χ0n) is 42.2. The second-order valence-corrected chi connectivity index (χ2v) is 20.8. The van der Waals surface area contributed by atoms with Gasteiger partial charge < -0.3 is 50.2 Å². The minimum Gasteiger partial charge on any atom is -0.462 e.